The van der Waals surface area contributed by atoms with Gasteiger partial charge in [0.15, 0.2) is 15.7 Å². The van der Waals surface area contributed by atoms with Gasteiger partial charge in [-0.25, -0.2) is 8.42 Å². The lowest BCUT2D eigenvalue weighted by atomic mass is 10.2. The van der Waals surface area contributed by atoms with Crippen molar-refractivity contribution >= 4 is 31.5 Å². The van der Waals surface area contributed by atoms with Crippen LogP contribution in [0.1, 0.15) is 5.82 Å². The standard InChI is InChI=1S/C10H10BrN3O3S/c1-18(15,16)5-9-13-10(17-14-9)7-4-6(12)2-3-8(7)11/h2-4H,5,12H2,1H3. The molecular formula is C10H10BrN3O3S. The van der Waals surface area contributed by atoms with Gasteiger partial charge in [-0.2, -0.15) is 4.98 Å². The first-order valence-corrected chi connectivity index (χ1v) is 7.76. The summed E-state index contributed by atoms with van der Waals surface area (Å²) in [4.78, 5) is 4.03. The highest BCUT2D eigenvalue weighted by molar-refractivity contribution is 9.10. The van der Waals surface area contributed by atoms with E-state index < -0.39 is 9.84 Å². The molecule has 0 spiro atoms. The lowest BCUT2D eigenvalue weighted by Crippen LogP contribution is -2.02. The van der Waals surface area contributed by atoms with E-state index in [1.807, 2.05) is 0 Å². The average molecular weight is 332 g/mol. The van der Waals surface area contributed by atoms with E-state index in [0.717, 1.165) is 10.7 Å². The van der Waals surface area contributed by atoms with Gasteiger partial charge in [0, 0.05) is 16.4 Å². The third-order valence-electron chi connectivity index (χ3n) is 2.08. The van der Waals surface area contributed by atoms with E-state index in [1.54, 1.807) is 18.2 Å². The molecule has 0 atom stereocenters. The van der Waals surface area contributed by atoms with Crippen molar-refractivity contribution in [2.75, 3.05) is 12.0 Å². The molecule has 2 aromatic rings. The molecule has 96 valence electrons. The summed E-state index contributed by atoms with van der Waals surface area (Å²) in [6.45, 7) is 0. The maximum Gasteiger partial charge on any atom is 0.259 e. The minimum absolute atomic E-state index is 0.127. The molecule has 0 bridgehead atoms. The molecule has 0 saturated carbocycles. The molecule has 0 radical (unpaired) electrons. The molecule has 0 aliphatic rings. The highest BCUT2D eigenvalue weighted by atomic mass is 79.9. The van der Waals surface area contributed by atoms with Gasteiger partial charge in [-0.15, -0.1) is 0 Å². The van der Waals surface area contributed by atoms with Crippen molar-refractivity contribution in [3.8, 4) is 11.5 Å². The molecule has 1 aromatic carbocycles. The molecule has 18 heavy (non-hydrogen) atoms. The van der Waals surface area contributed by atoms with E-state index in [2.05, 4.69) is 26.1 Å². The highest BCUT2D eigenvalue weighted by Crippen LogP contribution is 2.28. The van der Waals surface area contributed by atoms with E-state index in [0.29, 0.717) is 11.3 Å². The summed E-state index contributed by atoms with van der Waals surface area (Å²) in [7, 11) is -3.19. The number of sulfone groups is 1. The number of nitrogens with zero attached hydrogens (tertiary/aromatic N) is 2. The quantitative estimate of drug-likeness (QED) is 0.858. The van der Waals surface area contributed by atoms with E-state index in [-0.39, 0.29) is 17.5 Å². The Morgan fingerprint density at radius 3 is 2.83 bits per heavy atom. The van der Waals surface area contributed by atoms with Gasteiger partial charge < -0.3 is 10.3 Å². The minimum Gasteiger partial charge on any atom is -0.399 e. The summed E-state index contributed by atoms with van der Waals surface area (Å²) >= 11 is 3.34. The fourth-order valence-corrected chi connectivity index (χ4v) is 2.37. The molecule has 0 unspecified atom stereocenters. The number of nitrogens with two attached hydrogens (primary N) is 1. The Morgan fingerprint density at radius 2 is 2.17 bits per heavy atom. The number of hydrogen-bond acceptors (Lipinski definition) is 6. The first-order valence-electron chi connectivity index (χ1n) is 4.91. The molecule has 0 aliphatic carbocycles. The SMILES string of the molecule is CS(=O)(=O)Cc1noc(-c2cc(N)ccc2Br)n1. The van der Waals surface area contributed by atoms with Crippen LogP contribution in [0.3, 0.4) is 0 Å². The first kappa shape index (κ1) is 13.0. The second kappa shape index (κ2) is 4.69. The largest absolute Gasteiger partial charge is 0.399 e. The number of benzene rings is 1. The molecule has 0 saturated heterocycles. The number of rotatable bonds is 3. The van der Waals surface area contributed by atoms with Crippen LogP contribution in [0.25, 0.3) is 11.5 Å². The van der Waals surface area contributed by atoms with E-state index in [4.69, 9.17) is 10.3 Å². The van der Waals surface area contributed by atoms with Crippen molar-refractivity contribution in [3.05, 3.63) is 28.5 Å². The molecule has 0 fully saturated rings. The van der Waals surface area contributed by atoms with Crippen molar-refractivity contribution in [3.63, 3.8) is 0 Å². The van der Waals surface area contributed by atoms with Crippen LogP contribution < -0.4 is 5.73 Å². The van der Waals surface area contributed by atoms with E-state index in [1.165, 1.54) is 0 Å². The monoisotopic (exact) mass is 331 g/mol. The van der Waals surface area contributed by atoms with Crippen LogP contribution in [0.4, 0.5) is 5.69 Å². The van der Waals surface area contributed by atoms with Gasteiger partial charge in [0.25, 0.3) is 5.89 Å². The lowest BCUT2D eigenvalue weighted by Gasteiger charge is -1.99. The summed E-state index contributed by atoms with van der Waals surface area (Å²) in [5, 5.41) is 3.62. The summed E-state index contributed by atoms with van der Waals surface area (Å²) in [6.07, 6.45) is 1.11. The molecule has 1 aromatic heterocycles. The van der Waals surface area contributed by atoms with Crippen molar-refractivity contribution in [1.29, 1.82) is 0 Å². The fraction of sp³-hybridized carbons (Fsp3) is 0.200. The van der Waals surface area contributed by atoms with E-state index >= 15 is 0 Å². The molecule has 2 rings (SSSR count). The van der Waals surface area contributed by atoms with Gasteiger partial charge >= 0.3 is 0 Å². The number of aromatic nitrogens is 2. The topological polar surface area (TPSA) is 99.1 Å². The third kappa shape index (κ3) is 3.08. The van der Waals surface area contributed by atoms with Crippen LogP contribution in [-0.4, -0.2) is 24.8 Å². The van der Waals surface area contributed by atoms with Gasteiger partial charge in [-0.3, -0.25) is 0 Å². The molecule has 0 aliphatic heterocycles. The van der Waals surface area contributed by atoms with Crippen LogP contribution in [0, 0.1) is 0 Å². The molecule has 8 heteroatoms. The van der Waals surface area contributed by atoms with Gasteiger partial charge in [0.05, 0.1) is 5.56 Å². The Labute approximate surface area is 112 Å². The van der Waals surface area contributed by atoms with Gasteiger partial charge in [-0.05, 0) is 34.1 Å². The number of hydrogen-bond donors (Lipinski definition) is 1. The fourth-order valence-electron chi connectivity index (χ4n) is 1.36. The zero-order chi connectivity index (χ0) is 13.3. The second-order valence-corrected chi connectivity index (χ2v) is 6.82. The zero-order valence-electron chi connectivity index (χ0n) is 9.42. The average Bonchev–Trinajstić information content (AvgIpc) is 2.67. The third-order valence-corrected chi connectivity index (χ3v) is 3.55. The highest BCUT2D eigenvalue weighted by Gasteiger charge is 2.15. The number of nitrogen functional groups attached to an aromatic ring is 1. The number of anilines is 1. The molecular weight excluding hydrogens is 322 g/mol. The molecule has 2 N–H and O–H groups in total. The van der Waals surface area contributed by atoms with Crippen molar-refractivity contribution < 1.29 is 12.9 Å². The van der Waals surface area contributed by atoms with Crippen LogP contribution in [-0.2, 0) is 15.6 Å². The van der Waals surface area contributed by atoms with Gasteiger partial charge in [0.1, 0.15) is 5.75 Å². The Kier molecular flexibility index (Phi) is 3.40. The summed E-state index contributed by atoms with van der Waals surface area (Å²) < 4.78 is 28.0. The Morgan fingerprint density at radius 1 is 1.44 bits per heavy atom. The maximum atomic E-state index is 11.1. The predicted octanol–water partition coefficient (Wildman–Crippen LogP) is 1.63. The first-order chi connectivity index (χ1) is 8.35. The lowest BCUT2D eigenvalue weighted by molar-refractivity contribution is 0.424. The normalized spacial score (nSPS) is 11.7. The van der Waals surface area contributed by atoms with Crippen LogP contribution in [0.5, 0.6) is 0 Å². The zero-order valence-corrected chi connectivity index (χ0v) is 11.8. The minimum atomic E-state index is -3.19. The predicted molar refractivity (Wildman–Crippen MR) is 70.4 cm³/mol. The molecule has 6 nitrogen and oxygen atoms in total. The summed E-state index contributed by atoms with van der Waals surface area (Å²) in [6, 6.07) is 5.15. The maximum absolute atomic E-state index is 11.1. The second-order valence-electron chi connectivity index (χ2n) is 3.83. The van der Waals surface area contributed by atoms with Crippen molar-refractivity contribution in [2.24, 2.45) is 0 Å². The van der Waals surface area contributed by atoms with Crippen LogP contribution in [0.2, 0.25) is 0 Å². The number of halogens is 1. The van der Waals surface area contributed by atoms with Crippen LogP contribution >= 0.6 is 15.9 Å². The Balaban J connectivity index is 2.38. The molecule has 0 amide bonds. The molecule has 1 heterocycles. The van der Waals surface area contributed by atoms with Gasteiger partial charge in [-0.1, -0.05) is 5.16 Å². The smallest absolute Gasteiger partial charge is 0.259 e. The summed E-state index contributed by atoms with van der Waals surface area (Å²) in [5.41, 5.74) is 6.85. The summed E-state index contributed by atoms with van der Waals surface area (Å²) in [5.74, 6) is 0.103. The Hall–Kier alpha value is -1.41. The van der Waals surface area contributed by atoms with Crippen LogP contribution in [0.15, 0.2) is 27.2 Å². The Bertz CT molecular complexity index is 681. The van der Waals surface area contributed by atoms with Crippen molar-refractivity contribution in [1.82, 2.24) is 10.1 Å². The van der Waals surface area contributed by atoms with E-state index in [9.17, 15) is 8.42 Å². The van der Waals surface area contributed by atoms with Crippen molar-refractivity contribution in [2.45, 2.75) is 5.75 Å². The van der Waals surface area contributed by atoms with Gasteiger partial charge in [0.2, 0.25) is 0 Å².